The van der Waals surface area contributed by atoms with Gasteiger partial charge in [0.25, 0.3) is 0 Å². The Balaban J connectivity index is 2.24. The molecule has 4 nitrogen and oxygen atoms in total. The molecule has 1 N–H and O–H groups in total. The van der Waals surface area contributed by atoms with E-state index in [0.29, 0.717) is 13.0 Å². The van der Waals surface area contributed by atoms with Crippen LogP contribution in [-0.4, -0.2) is 40.7 Å². The number of likely N-dealkylation sites (N-methyl/N-ethyl adjacent to an activating group) is 1. The zero-order valence-corrected chi connectivity index (χ0v) is 11.9. The summed E-state index contributed by atoms with van der Waals surface area (Å²) in [5, 5.41) is 8.69. The molecule has 0 aliphatic heterocycles. The molecule has 0 fully saturated rings. The van der Waals surface area contributed by atoms with Gasteiger partial charge in [-0.3, -0.25) is 9.59 Å². The maximum Gasteiger partial charge on any atom is 0.323 e. The van der Waals surface area contributed by atoms with Gasteiger partial charge in [-0.15, -0.1) is 11.8 Å². The fourth-order valence-electron chi connectivity index (χ4n) is 1.63. The van der Waals surface area contributed by atoms with E-state index in [9.17, 15) is 9.59 Å². The highest BCUT2D eigenvalue weighted by atomic mass is 32.2. The number of benzene rings is 1. The predicted molar refractivity (Wildman–Crippen MR) is 76.3 cm³/mol. The van der Waals surface area contributed by atoms with Crippen molar-refractivity contribution >= 4 is 23.6 Å². The van der Waals surface area contributed by atoms with Crippen molar-refractivity contribution in [1.82, 2.24) is 4.90 Å². The lowest BCUT2D eigenvalue weighted by atomic mass is 10.3. The zero-order chi connectivity index (χ0) is 14.1. The van der Waals surface area contributed by atoms with E-state index in [-0.39, 0.29) is 12.5 Å². The lowest BCUT2D eigenvalue weighted by molar-refractivity contribution is -0.144. The number of carboxylic acid groups (broad SMARTS) is 1. The quantitative estimate of drug-likeness (QED) is 0.587. The number of aliphatic carboxylic acids is 1. The van der Waals surface area contributed by atoms with Gasteiger partial charge in [-0.25, -0.2) is 0 Å². The van der Waals surface area contributed by atoms with E-state index >= 15 is 0 Å². The highest BCUT2D eigenvalue weighted by Gasteiger charge is 2.14. The van der Waals surface area contributed by atoms with Gasteiger partial charge in [0.2, 0.25) is 5.91 Å². The third-order valence-corrected chi connectivity index (χ3v) is 3.71. The maximum absolute atomic E-state index is 11.8. The predicted octanol–water partition coefficient (Wildman–Crippen LogP) is 2.49. The molecule has 19 heavy (non-hydrogen) atoms. The summed E-state index contributed by atoms with van der Waals surface area (Å²) in [6.45, 7) is 2.03. The third-order valence-electron chi connectivity index (χ3n) is 2.61. The van der Waals surface area contributed by atoms with Crippen molar-refractivity contribution in [3.63, 3.8) is 0 Å². The first-order valence-electron chi connectivity index (χ1n) is 6.31. The van der Waals surface area contributed by atoms with Crippen LogP contribution in [0.1, 0.15) is 19.8 Å². The molecule has 0 unspecified atom stereocenters. The largest absolute Gasteiger partial charge is 0.480 e. The molecule has 1 amide bonds. The number of rotatable bonds is 8. The monoisotopic (exact) mass is 281 g/mol. The Hall–Kier alpha value is -1.49. The molecule has 0 aliphatic rings. The minimum atomic E-state index is -0.964. The summed E-state index contributed by atoms with van der Waals surface area (Å²) in [7, 11) is 0. The van der Waals surface area contributed by atoms with Crippen LogP contribution in [0.5, 0.6) is 0 Å². The van der Waals surface area contributed by atoms with Crippen LogP contribution < -0.4 is 0 Å². The topological polar surface area (TPSA) is 57.6 Å². The molecule has 0 heterocycles. The summed E-state index contributed by atoms with van der Waals surface area (Å²) < 4.78 is 0. The number of hydrogen-bond acceptors (Lipinski definition) is 3. The molecule has 0 radical (unpaired) electrons. The summed E-state index contributed by atoms with van der Waals surface area (Å²) in [5.74, 6) is -0.187. The van der Waals surface area contributed by atoms with Gasteiger partial charge in [-0.05, 0) is 31.2 Å². The first kappa shape index (κ1) is 15.6. The summed E-state index contributed by atoms with van der Waals surface area (Å²) in [6, 6.07) is 10.0. The van der Waals surface area contributed by atoms with E-state index in [1.165, 1.54) is 9.80 Å². The number of hydrogen-bond donors (Lipinski definition) is 1. The van der Waals surface area contributed by atoms with E-state index < -0.39 is 5.97 Å². The van der Waals surface area contributed by atoms with Crippen LogP contribution in [0.15, 0.2) is 35.2 Å². The molecule has 104 valence electrons. The average Bonchev–Trinajstić information content (AvgIpc) is 2.41. The second kappa shape index (κ2) is 8.58. The van der Waals surface area contributed by atoms with Gasteiger partial charge in [-0.2, -0.15) is 0 Å². The minimum absolute atomic E-state index is 0.0847. The van der Waals surface area contributed by atoms with Crippen LogP contribution >= 0.6 is 11.8 Å². The molecular weight excluding hydrogens is 262 g/mol. The number of amides is 1. The van der Waals surface area contributed by atoms with Crippen LogP contribution in [0.2, 0.25) is 0 Å². The molecule has 0 atom stereocenters. The molecule has 0 saturated heterocycles. The number of carbonyl (C=O) groups excluding carboxylic acids is 1. The van der Waals surface area contributed by atoms with Gasteiger partial charge >= 0.3 is 5.97 Å². The summed E-state index contributed by atoms with van der Waals surface area (Å²) in [4.78, 5) is 24.9. The first-order chi connectivity index (χ1) is 9.13. The summed E-state index contributed by atoms with van der Waals surface area (Å²) in [6.07, 6.45) is 1.16. The van der Waals surface area contributed by atoms with Crippen molar-refractivity contribution < 1.29 is 14.7 Å². The molecule has 1 aromatic carbocycles. The Kier molecular flexibility index (Phi) is 7.03. The number of nitrogens with zero attached hydrogens (tertiary/aromatic N) is 1. The fraction of sp³-hybridized carbons (Fsp3) is 0.429. The van der Waals surface area contributed by atoms with E-state index in [1.807, 2.05) is 30.3 Å². The average molecular weight is 281 g/mol. The highest BCUT2D eigenvalue weighted by molar-refractivity contribution is 7.99. The van der Waals surface area contributed by atoms with Gasteiger partial charge in [0.1, 0.15) is 6.54 Å². The Bertz CT molecular complexity index is 408. The van der Waals surface area contributed by atoms with E-state index in [1.54, 1.807) is 18.7 Å². The SMILES string of the molecule is CCN(CC(=O)O)C(=O)CCCSc1ccccc1. The van der Waals surface area contributed by atoms with Crippen LogP contribution in [0.25, 0.3) is 0 Å². The van der Waals surface area contributed by atoms with Crippen molar-refractivity contribution in [2.24, 2.45) is 0 Å². The highest BCUT2D eigenvalue weighted by Crippen LogP contribution is 2.18. The van der Waals surface area contributed by atoms with Gasteiger partial charge in [0.05, 0.1) is 0 Å². The van der Waals surface area contributed by atoms with Crippen molar-refractivity contribution in [2.45, 2.75) is 24.7 Å². The Morgan fingerprint density at radius 1 is 1.26 bits per heavy atom. The van der Waals surface area contributed by atoms with E-state index in [0.717, 1.165) is 12.2 Å². The van der Waals surface area contributed by atoms with Crippen LogP contribution in [0.4, 0.5) is 0 Å². The van der Waals surface area contributed by atoms with Crippen LogP contribution in [0.3, 0.4) is 0 Å². The number of thioether (sulfide) groups is 1. The Morgan fingerprint density at radius 3 is 2.53 bits per heavy atom. The molecule has 1 rings (SSSR count). The number of carbonyl (C=O) groups is 2. The zero-order valence-electron chi connectivity index (χ0n) is 11.0. The summed E-state index contributed by atoms with van der Waals surface area (Å²) in [5.41, 5.74) is 0. The van der Waals surface area contributed by atoms with Gasteiger partial charge in [-0.1, -0.05) is 18.2 Å². The van der Waals surface area contributed by atoms with E-state index in [4.69, 9.17) is 5.11 Å². The van der Waals surface area contributed by atoms with Gasteiger partial charge < -0.3 is 10.0 Å². The second-order valence-corrected chi connectivity index (χ2v) is 5.24. The van der Waals surface area contributed by atoms with Crippen molar-refractivity contribution in [3.8, 4) is 0 Å². The lowest BCUT2D eigenvalue weighted by Crippen LogP contribution is -2.35. The molecule has 0 saturated carbocycles. The van der Waals surface area contributed by atoms with Crippen LogP contribution in [-0.2, 0) is 9.59 Å². The molecule has 0 aliphatic carbocycles. The standard InChI is InChI=1S/C14H19NO3S/c1-2-15(11-14(17)18)13(16)9-6-10-19-12-7-4-3-5-8-12/h3-5,7-8H,2,6,9-11H2,1H3,(H,17,18). The minimum Gasteiger partial charge on any atom is -0.480 e. The van der Waals surface area contributed by atoms with Crippen molar-refractivity contribution in [3.05, 3.63) is 30.3 Å². The molecule has 1 aromatic rings. The Morgan fingerprint density at radius 2 is 1.95 bits per heavy atom. The van der Waals surface area contributed by atoms with Gasteiger partial charge in [0.15, 0.2) is 0 Å². The van der Waals surface area contributed by atoms with E-state index in [2.05, 4.69) is 0 Å². The second-order valence-electron chi connectivity index (χ2n) is 4.07. The molecular formula is C14H19NO3S. The van der Waals surface area contributed by atoms with Crippen molar-refractivity contribution in [1.29, 1.82) is 0 Å². The normalized spacial score (nSPS) is 10.2. The molecule has 5 heteroatoms. The molecule has 0 aromatic heterocycles. The molecule has 0 bridgehead atoms. The third kappa shape index (κ3) is 6.29. The molecule has 0 spiro atoms. The van der Waals surface area contributed by atoms with Crippen LogP contribution in [0, 0.1) is 0 Å². The Labute approximate surface area is 117 Å². The smallest absolute Gasteiger partial charge is 0.323 e. The lowest BCUT2D eigenvalue weighted by Gasteiger charge is -2.18. The van der Waals surface area contributed by atoms with Crippen molar-refractivity contribution in [2.75, 3.05) is 18.8 Å². The van der Waals surface area contributed by atoms with Gasteiger partial charge in [0, 0.05) is 17.9 Å². The number of carboxylic acids is 1. The fourth-order valence-corrected chi connectivity index (χ4v) is 2.50. The first-order valence-corrected chi connectivity index (χ1v) is 7.29. The maximum atomic E-state index is 11.8. The summed E-state index contributed by atoms with van der Waals surface area (Å²) >= 11 is 1.71.